The van der Waals surface area contributed by atoms with Gasteiger partial charge in [0.25, 0.3) is 0 Å². The van der Waals surface area contributed by atoms with Crippen molar-refractivity contribution in [3.63, 3.8) is 0 Å². The third-order valence-electron chi connectivity index (χ3n) is 0.966. The summed E-state index contributed by atoms with van der Waals surface area (Å²) in [6.07, 6.45) is 1.66. The maximum absolute atomic E-state index is 4.88. The van der Waals surface area contributed by atoms with Crippen molar-refractivity contribution in [1.82, 2.24) is 0 Å². The molecule has 2 heteroatoms. The molecule has 8 heavy (non-hydrogen) atoms. The predicted molar refractivity (Wildman–Crippen MR) is 32.4 cm³/mol. The Bertz CT molecular complexity index is 41.8. The molecule has 0 aliphatic heterocycles. The molecule has 0 N–H and O–H groups in total. The van der Waals surface area contributed by atoms with E-state index in [-0.39, 0.29) is 6.29 Å². The quantitative estimate of drug-likeness (QED) is 0.515. The van der Waals surface area contributed by atoms with Crippen molar-refractivity contribution >= 4 is 0 Å². The normalized spacial score (nSPS) is 10.5. The monoisotopic (exact) mass is 117 g/mol. The van der Waals surface area contributed by atoms with Crippen molar-refractivity contribution in [2.45, 2.75) is 19.1 Å². The molecule has 0 aliphatic rings. The molecule has 0 unspecified atom stereocenters. The molecule has 0 aromatic heterocycles. The smallest absolute Gasteiger partial charge is 0.156 e. The van der Waals surface area contributed by atoms with Crippen LogP contribution in [0, 0.1) is 6.92 Å². The van der Waals surface area contributed by atoms with Gasteiger partial charge in [0.05, 0.1) is 0 Å². The van der Waals surface area contributed by atoms with E-state index in [1.54, 1.807) is 14.2 Å². The fourth-order valence-electron chi connectivity index (χ4n) is 0.499. The average molecular weight is 117 g/mol. The van der Waals surface area contributed by atoms with Crippen LogP contribution in [0.1, 0.15) is 12.8 Å². The van der Waals surface area contributed by atoms with Crippen LogP contribution in [-0.4, -0.2) is 20.5 Å². The number of hydrogen-bond donors (Lipinski definition) is 0. The van der Waals surface area contributed by atoms with Gasteiger partial charge in [-0.05, 0) is 12.8 Å². The third kappa shape index (κ3) is 2.99. The lowest BCUT2D eigenvalue weighted by Gasteiger charge is -2.10. The first-order chi connectivity index (χ1) is 3.85. The molecule has 0 atom stereocenters. The van der Waals surface area contributed by atoms with Crippen LogP contribution in [-0.2, 0) is 9.47 Å². The van der Waals surface area contributed by atoms with Crippen LogP contribution in [0.2, 0.25) is 0 Å². The van der Waals surface area contributed by atoms with E-state index in [0.717, 1.165) is 12.8 Å². The van der Waals surface area contributed by atoms with Crippen LogP contribution in [0.3, 0.4) is 0 Å². The largest absolute Gasteiger partial charge is 0.356 e. The Kier molecular flexibility index (Phi) is 5.01. The van der Waals surface area contributed by atoms with Gasteiger partial charge in [0.2, 0.25) is 0 Å². The molecular weight excluding hydrogens is 104 g/mol. The maximum atomic E-state index is 4.88. The van der Waals surface area contributed by atoms with Crippen molar-refractivity contribution in [3.8, 4) is 0 Å². The highest BCUT2D eigenvalue weighted by Gasteiger charge is 1.99. The fourth-order valence-corrected chi connectivity index (χ4v) is 0.499. The Hall–Kier alpha value is -0.0800. The zero-order valence-electron chi connectivity index (χ0n) is 5.52. The maximum Gasteiger partial charge on any atom is 0.156 e. The highest BCUT2D eigenvalue weighted by Crippen LogP contribution is 1.99. The van der Waals surface area contributed by atoms with Crippen LogP contribution < -0.4 is 0 Å². The van der Waals surface area contributed by atoms with Crippen LogP contribution in [0.25, 0.3) is 0 Å². The molecular formula is C6H13O2. The van der Waals surface area contributed by atoms with Gasteiger partial charge in [0.1, 0.15) is 0 Å². The summed E-state index contributed by atoms with van der Waals surface area (Å²) in [4.78, 5) is 0. The zero-order chi connectivity index (χ0) is 6.41. The van der Waals surface area contributed by atoms with E-state index in [2.05, 4.69) is 6.92 Å². The Morgan fingerprint density at radius 2 is 1.88 bits per heavy atom. The molecule has 0 rings (SSSR count). The SMILES string of the molecule is [CH2]CCC(OC)OC. The topological polar surface area (TPSA) is 18.5 Å². The van der Waals surface area contributed by atoms with Crippen molar-refractivity contribution in [3.05, 3.63) is 6.92 Å². The summed E-state index contributed by atoms with van der Waals surface area (Å²) in [5.74, 6) is 0. The van der Waals surface area contributed by atoms with E-state index in [1.807, 2.05) is 0 Å². The lowest BCUT2D eigenvalue weighted by molar-refractivity contribution is -0.105. The van der Waals surface area contributed by atoms with Gasteiger partial charge in [0, 0.05) is 14.2 Å². The van der Waals surface area contributed by atoms with Gasteiger partial charge in [-0.1, -0.05) is 6.92 Å². The Morgan fingerprint density at radius 3 is 2.00 bits per heavy atom. The zero-order valence-corrected chi connectivity index (χ0v) is 5.52. The summed E-state index contributed by atoms with van der Waals surface area (Å²) in [5.41, 5.74) is 0. The van der Waals surface area contributed by atoms with Gasteiger partial charge in [-0.25, -0.2) is 0 Å². The highest BCUT2D eigenvalue weighted by atomic mass is 16.7. The molecule has 0 saturated heterocycles. The van der Waals surface area contributed by atoms with Crippen molar-refractivity contribution in [2.75, 3.05) is 14.2 Å². The van der Waals surface area contributed by atoms with E-state index in [4.69, 9.17) is 9.47 Å². The number of methoxy groups -OCH3 is 2. The molecule has 2 nitrogen and oxygen atoms in total. The van der Waals surface area contributed by atoms with E-state index in [0.29, 0.717) is 0 Å². The summed E-state index contributed by atoms with van der Waals surface area (Å²) in [6, 6.07) is 0. The highest BCUT2D eigenvalue weighted by molar-refractivity contribution is 4.44. The standard InChI is InChI=1S/C6H13O2/c1-4-5-6(7-2)8-3/h6H,1,4-5H2,2-3H3. The first kappa shape index (κ1) is 7.92. The summed E-state index contributed by atoms with van der Waals surface area (Å²) >= 11 is 0. The van der Waals surface area contributed by atoms with E-state index >= 15 is 0 Å². The average Bonchev–Trinajstić information content (AvgIpc) is 1.83. The Morgan fingerprint density at radius 1 is 1.38 bits per heavy atom. The van der Waals surface area contributed by atoms with E-state index < -0.39 is 0 Å². The van der Waals surface area contributed by atoms with Gasteiger partial charge in [-0.3, -0.25) is 0 Å². The number of rotatable bonds is 4. The number of ether oxygens (including phenoxy) is 2. The van der Waals surface area contributed by atoms with Gasteiger partial charge in [0.15, 0.2) is 6.29 Å². The molecule has 0 spiro atoms. The second-order valence-electron chi connectivity index (χ2n) is 1.54. The van der Waals surface area contributed by atoms with Gasteiger partial charge in [-0.2, -0.15) is 0 Å². The first-order valence-corrected chi connectivity index (χ1v) is 2.70. The van der Waals surface area contributed by atoms with E-state index in [1.165, 1.54) is 0 Å². The Labute approximate surface area is 50.8 Å². The number of hydrogen-bond acceptors (Lipinski definition) is 2. The second kappa shape index (κ2) is 5.06. The third-order valence-corrected chi connectivity index (χ3v) is 0.966. The molecule has 1 radical (unpaired) electrons. The van der Waals surface area contributed by atoms with Crippen LogP contribution in [0.5, 0.6) is 0 Å². The minimum atomic E-state index is -0.0625. The molecule has 0 bridgehead atoms. The van der Waals surface area contributed by atoms with E-state index in [9.17, 15) is 0 Å². The summed E-state index contributed by atoms with van der Waals surface area (Å²) in [6.45, 7) is 3.66. The molecule has 0 aromatic rings. The molecule has 0 fully saturated rings. The van der Waals surface area contributed by atoms with Crippen LogP contribution in [0.4, 0.5) is 0 Å². The minimum absolute atomic E-state index is 0.0625. The summed E-state index contributed by atoms with van der Waals surface area (Å²) in [5, 5.41) is 0. The van der Waals surface area contributed by atoms with Crippen molar-refractivity contribution < 1.29 is 9.47 Å². The molecule has 0 aliphatic carbocycles. The summed E-state index contributed by atoms with van der Waals surface area (Å²) < 4.78 is 9.76. The minimum Gasteiger partial charge on any atom is -0.356 e. The van der Waals surface area contributed by atoms with Crippen LogP contribution in [0.15, 0.2) is 0 Å². The lowest BCUT2D eigenvalue weighted by Crippen LogP contribution is -2.11. The molecule has 0 saturated carbocycles. The van der Waals surface area contributed by atoms with Gasteiger partial charge in [-0.15, -0.1) is 0 Å². The van der Waals surface area contributed by atoms with Crippen molar-refractivity contribution in [1.29, 1.82) is 0 Å². The lowest BCUT2D eigenvalue weighted by atomic mass is 10.3. The molecule has 0 aromatic carbocycles. The molecule has 0 amide bonds. The van der Waals surface area contributed by atoms with Gasteiger partial charge >= 0.3 is 0 Å². The van der Waals surface area contributed by atoms with Gasteiger partial charge < -0.3 is 9.47 Å². The molecule has 0 heterocycles. The Balaban J connectivity index is 3.07. The second-order valence-corrected chi connectivity index (χ2v) is 1.54. The van der Waals surface area contributed by atoms with Crippen molar-refractivity contribution in [2.24, 2.45) is 0 Å². The molecule has 49 valence electrons. The summed E-state index contributed by atoms with van der Waals surface area (Å²) in [7, 11) is 3.26. The predicted octanol–water partition coefficient (Wildman–Crippen LogP) is 1.22. The fraction of sp³-hybridized carbons (Fsp3) is 0.833. The first-order valence-electron chi connectivity index (χ1n) is 2.70. The van der Waals surface area contributed by atoms with Crippen LogP contribution >= 0.6 is 0 Å².